The van der Waals surface area contributed by atoms with Crippen molar-refractivity contribution < 1.29 is 8.78 Å². The van der Waals surface area contributed by atoms with Crippen molar-refractivity contribution in [1.82, 2.24) is 5.32 Å². The SMILES string of the molecule is Fc1ccc([C@H]2[CH]CNC2)cc1F. The molecule has 1 aromatic rings. The van der Waals surface area contributed by atoms with Gasteiger partial charge in [0.2, 0.25) is 0 Å². The van der Waals surface area contributed by atoms with Crippen molar-refractivity contribution in [2.75, 3.05) is 13.1 Å². The Morgan fingerprint density at radius 2 is 2.08 bits per heavy atom. The summed E-state index contributed by atoms with van der Waals surface area (Å²) in [5, 5.41) is 3.13. The fourth-order valence-electron chi connectivity index (χ4n) is 1.54. The van der Waals surface area contributed by atoms with Crippen LogP contribution in [0.5, 0.6) is 0 Å². The van der Waals surface area contributed by atoms with Gasteiger partial charge in [-0.25, -0.2) is 8.78 Å². The maximum absolute atomic E-state index is 12.8. The molecule has 0 aromatic heterocycles. The smallest absolute Gasteiger partial charge is 0.159 e. The van der Waals surface area contributed by atoms with Crippen molar-refractivity contribution in [2.45, 2.75) is 5.92 Å². The molecule has 0 amide bonds. The monoisotopic (exact) mass is 182 g/mol. The molecular formula is C10H10F2N. The third kappa shape index (κ3) is 1.70. The normalized spacial score (nSPS) is 22.2. The van der Waals surface area contributed by atoms with Crippen LogP contribution in [0, 0.1) is 18.1 Å². The van der Waals surface area contributed by atoms with Crippen molar-refractivity contribution in [2.24, 2.45) is 0 Å². The van der Waals surface area contributed by atoms with Gasteiger partial charge in [-0.2, -0.15) is 0 Å². The van der Waals surface area contributed by atoms with Crippen LogP contribution in [-0.2, 0) is 0 Å². The molecule has 3 heteroatoms. The molecule has 1 heterocycles. The van der Waals surface area contributed by atoms with E-state index >= 15 is 0 Å². The first-order chi connectivity index (χ1) is 6.27. The number of hydrogen-bond donors (Lipinski definition) is 1. The third-order valence-corrected chi connectivity index (χ3v) is 2.28. The molecule has 1 aliphatic heterocycles. The second-order valence-electron chi connectivity index (χ2n) is 3.17. The molecular weight excluding hydrogens is 172 g/mol. The molecule has 1 radical (unpaired) electrons. The molecule has 0 saturated carbocycles. The summed E-state index contributed by atoms with van der Waals surface area (Å²) in [4.78, 5) is 0. The lowest BCUT2D eigenvalue weighted by Gasteiger charge is -2.07. The molecule has 13 heavy (non-hydrogen) atoms. The van der Waals surface area contributed by atoms with E-state index in [1.54, 1.807) is 6.07 Å². The van der Waals surface area contributed by atoms with E-state index < -0.39 is 11.6 Å². The highest BCUT2D eigenvalue weighted by Gasteiger charge is 2.17. The summed E-state index contributed by atoms with van der Waals surface area (Å²) >= 11 is 0. The molecule has 0 unspecified atom stereocenters. The van der Waals surface area contributed by atoms with E-state index in [1.807, 2.05) is 0 Å². The first kappa shape index (κ1) is 8.63. The lowest BCUT2D eigenvalue weighted by atomic mass is 9.98. The first-order valence-electron chi connectivity index (χ1n) is 4.26. The first-order valence-corrected chi connectivity index (χ1v) is 4.26. The van der Waals surface area contributed by atoms with Crippen molar-refractivity contribution in [3.63, 3.8) is 0 Å². The molecule has 69 valence electrons. The zero-order valence-corrected chi connectivity index (χ0v) is 7.06. The Bertz CT molecular complexity index is 306. The van der Waals surface area contributed by atoms with Gasteiger partial charge in [-0.3, -0.25) is 0 Å². The van der Waals surface area contributed by atoms with Gasteiger partial charge in [0.25, 0.3) is 0 Å². The van der Waals surface area contributed by atoms with E-state index in [-0.39, 0.29) is 5.92 Å². The van der Waals surface area contributed by atoms with Crippen LogP contribution >= 0.6 is 0 Å². The van der Waals surface area contributed by atoms with Gasteiger partial charge < -0.3 is 5.32 Å². The van der Waals surface area contributed by atoms with E-state index in [4.69, 9.17) is 0 Å². The Labute approximate surface area is 75.8 Å². The quantitative estimate of drug-likeness (QED) is 0.699. The molecule has 1 atom stereocenters. The topological polar surface area (TPSA) is 12.0 Å². The molecule has 2 rings (SSSR count). The highest BCUT2D eigenvalue weighted by Crippen LogP contribution is 2.22. The highest BCUT2D eigenvalue weighted by molar-refractivity contribution is 5.26. The average Bonchev–Trinajstić information content (AvgIpc) is 2.62. The van der Waals surface area contributed by atoms with Crippen molar-refractivity contribution >= 4 is 0 Å². The largest absolute Gasteiger partial charge is 0.316 e. The van der Waals surface area contributed by atoms with Gasteiger partial charge in [0.1, 0.15) is 0 Å². The minimum absolute atomic E-state index is 0.218. The maximum atomic E-state index is 12.8. The van der Waals surface area contributed by atoms with E-state index in [2.05, 4.69) is 11.7 Å². The summed E-state index contributed by atoms with van der Waals surface area (Å²) < 4.78 is 25.4. The zero-order chi connectivity index (χ0) is 9.26. The van der Waals surface area contributed by atoms with Crippen LogP contribution < -0.4 is 5.32 Å². The molecule has 0 spiro atoms. The van der Waals surface area contributed by atoms with Crippen LogP contribution in [0.25, 0.3) is 0 Å². The lowest BCUT2D eigenvalue weighted by molar-refractivity contribution is 0.506. The van der Waals surface area contributed by atoms with Crippen LogP contribution in [-0.4, -0.2) is 13.1 Å². The number of nitrogens with one attached hydrogen (secondary N) is 1. The summed E-state index contributed by atoms with van der Waals surface area (Å²) in [5.74, 6) is -1.33. The summed E-state index contributed by atoms with van der Waals surface area (Å²) in [7, 11) is 0. The van der Waals surface area contributed by atoms with Crippen molar-refractivity contribution in [1.29, 1.82) is 0 Å². The second-order valence-corrected chi connectivity index (χ2v) is 3.17. The van der Waals surface area contributed by atoms with Crippen LogP contribution in [0.1, 0.15) is 11.5 Å². The molecule has 1 aromatic carbocycles. The van der Waals surface area contributed by atoms with E-state index in [9.17, 15) is 8.78 Å². The standard InChI is InChI=1S/C10H10F2N/c11-9-2-1-7(5-10(9)12)8-3-4-13-6-8/h1-3,5,8,13H,4,6H2/t8-/m0/s1. The van der Waals surface area contributed by atoms with E-state index in [0.29, 0.717) is 0 Å². The molecule has 1 saturated heterocycles. The number of benzene rings is 1. The van der Waals surface area contributed by atoms with Crippen LogP contribution in [0.3, 0.4) is 0 Å². The van der Waals surface area contributed by atoms with Gasteiger partial charge in [0.05, 0.1) is 0 Å². The Kier molecular flexibility index (Phi) is 2.27. The molecule has 1 aliphatic rings. The predicted molar refractivity (Wildman–Crippen MR) is 46.3 cm³/mol. The predicted octanol–water partition coefficient (Wildman–Crippen LogP) is 1.86. The fourth-order valence-corrected chi connectivity index (χ4v) is 1.54. The number of rotatable bonds is 1. The van der Waals surface area contributed by atoms with Crippen LogP contribution in [0.4, 0.5) is 8.78 Å². The van der Waals surface area contributed by atoms with Gasteiger partial charge in [-0.15, -0.1) is 0 Å². The molecule has 0 aliphatic carbocycles. The zero-order valence-electron chi connectivity index (χ0n) is 7.06. The highest BCUT2D eigenvalue weighted by atomic mass is 19.2. The summed E-state index contributed by atoms with van der Waals surface area (Å²) in [6.07, 6.45) is 2.06. The Morgan fingerprint density at radius 3 is 2.69 bits per heavy atom. The van der Waals surface area contributed by atoms with E-state index in [1.165, 1.54) is 12.1 Å². The average molecular weight is 182 g/mol. The van der Waals surface area contributed by atoms with Crippen LogP contribution in [0.2, 0.25) is 0 Å². The van der Waals surface area contributed by atoms with Gasteiger partial charge >= 0.3 is 0 Å². The minimum atomic E-state index is -0.783. The molecule has 1 nitrogen and oxygen atoms in total. The Hall–Kier alpha value is -0.960. The number of halogens is 2. The lowest BCUT2D eigenvalue weighted by Crippen LogP contribution is -2.08. The van der Waals surface area contributed by atoms with Gasteiger partial charge in [-0.1, -0.05) is 6.07 Å². The van der Waals surface area contributed by atoms with Crippen molar-refractivity contribution in [3.05, 3.63) is 41.8 Å². The van der Waals surface area contributed by atoms with Crippen LogP contribution in [0.15, 0.2) is 18.2 Å². The molecule has 1 fully saturated rings. The van der Waals surface area contributed by atoms with E-state index in [0.717, 1.165) is 18.7 Å². The maximum Gasteiger partial charge on any atom is 0.159 e. The number of hydrogen-bond acceptors (Lipinski definition) is 1. The van der Waals surface area contributed by atoms with Gasteiger partial charge in [-0.05, 0) is 30.7 Å². The summed E-state index contributed by atoms with van der Waals surface area (Å²) in [5.41, 5.74) is 0.837. The molecule has 1 N–H and O–H groups in total. The third-order valence-electron chi connectivity index (χ3n) is 2.28. The Morgan fingerprint density at radius 1 is 1.23 bits per heavy atom. The molecule has 0 bridgehead atoms. The summed E-state index contributed by atoms with van der Waals surface area (Å²) in [6.45, 7) is 1.65. The van der Waals surface area contributed by atoms with Crippen molar-refractivity contribution in [3.8, 4) is 0 Å². The summed E-state index contributed by atoms with van der Waals surface area (Å²) in [6, 6.07) is 4.08. The minimum Gasteiger partial charge on any atom is -0.316 e. The van der Waals surface area contributed by atoms with Gasteiger partial charge in [0, 0.05) is 12.5 Å². The fraction of sp³-hybridized carbons (Fsp3) is 0.300. The Balaban J connectivity index is 2.25. The second kappa shape index (κ2) is 3.42. The van der Waals surface area contributed by atoms with Gasteiger partial charge in [0.15, 0.2) is 11.6 Å².